The maximum Gasteiger partial charge on any atom is 0.335 e. The summed E-state index contributed by atoms with van der Waals surface area (Å²) in [6.07, 6.45) is 3.70. The van der Waals surface area contributed by atoms with Crippen LogP contribution in [-0.2, 0) is 0 Å². The van der Waals surface area contributed by atoms with Crippen molar-refractivity contribution in [3.05, 3.63) is 107 Å². The maximum absolute atomic E-state index is 11.3. The third-order valence-corrected chi connectivity index (χ3v) is 6.60. The van der Waals surface area contributed by atoms with E-state index in [1.165, 1.54) is 0 Å². The molecule has 0 aliphatic carbocycles. The Bertz CT molecular complexity index is 1390. The fourth-order valence-corrected chi connectivity index (χ4v) is 4.97. The van der Waals surface area contributed by atoms with Gasteiger partial charge in [-0.25, -0.2) is 4.79 Å². The number of nitrogens with one attached hydrogen (secondary N) is 1. The highest BCUT2D eigenvalue weighted by atomic mass is 35.5. The lowest BCUT2D eigenvalue weighted by atomic mass is 10.0. The summed E-state index contributed by atoms with van der Waals surface area (Å²) in [5.74, 6) is -0.388. The summed E-state index contributed by atoms with van der Waals surface area (Å²) >= 11 is 12.3. The standard InChI is InChI=1S/C26H21ClN4O3S/c1-34-22-12-11-18(15-19(22)27)31-24(23(29-26(31)35)20-5-2-3-13-28-20)21-6-4-14-30(21)17-9-7-16(8-10-17)25(32)33/h2-15,23-24H,1H3,(H,29,35)(H,32,33)/t23-,24-/m1/s1. The van der Waals surface area contributed by atoms with Crippen molar-refractivity contribution < 1.29 is 14.6 Å². The Morgan fingerprint density at radius 3 is 2.51 bits per heavy atom. The molecule has 0 amide bonds. The summed E-state index contributed by atoms with van der Waals surface area (Å²) in [6.45, 7) is 0. The van der Waals surface area contributed by atoms with Crippen LogP contribution in [0.5, 0.6) is 5.75 Å². The summed E-state index contributed by atoms with van der Waals surface area (Å²) in [5.41, 5.74) is 3.66. The van der Waals surface area contributed by atoms with Gasteiger partial charge in [-0.15, -0.1) is 0 Å². The van der Waals surface area contributed by atoms with E-state index in [4.69, 9.17) is 28.6 Å². The lowest BCUT2D eigenvalue weighted by molar-refractivity contribution is 0.0697. The van der Waals surface area contributed by atoms with Gasteiger partial charge in [-0.05, 0) is 78.9 Å². The molecule has 2 aromatic carbocycles. The number of methoxy groups -OCH3 is 1. The Morgan fingerprint density at radius 2 is 1.86 bits per heavy atom. The normalized spacial score (nSPS) is 17.3. The number of benzene rings is 2. The highest BCUT2D eigenvalue weighted by molar-refractivity contribution is 7.80. The average Bonchev–Trinajstić information content (AvgIpc) is 3.49. The predicted octanol–water partition coefficient (Wildman–Crippen LogP) is 5.41. The van der Waals surface area contributed by atoms with Crippen molar-refractivity contribution in [3.8, 4) is 11.4 Å². The second-order valence-corrected chi connectivity index (χ2v) is 8.76. The summed E-state index contributed by atoms with van der Waals surface area (Å²) in [5, 5.41) is 13.7. The number of anilines is 1. The summed E-state index contributed by atoms with van der Waals surface area (Å²) in [7, 11) is 1.57. The van der Waals surface area contributed by atoms with Crippen LogP contribution < -0.4 is 15.0 Å². The van der Waals surface area contributed by atoms with Gasteiger partial charge in [0.15, 0.2) is 5.11 Å². The van der Waals surface area contributed by atoms with Gasteiger partial charge in [-0.2, -0.15) is 0 Å². The molecule has 3 heterocycles. The van der Waals surface area contributed by atoms with Crippen LogP contribution in [0.4, 0.5) is 5.69 Å². The zero-order valence-electron chi connectivity index (χ0n) is 18.6. The first kappa shape index (κ1) is 22.9. The Hall–Kier alpha value is -3.88. The second kappa shape index (κ2) is 9.40. The monoisotopic (exact) mass is 504 g/mol. The highest BCUT2D eigenvalue weighted by Crippen LogP contribution is 2.43. The number of aromatic carboxylic acids is 1. The van der Waals surface area contributed by atoms with Gasteiger partial charge in [-0.1, -0.05) is 17.7 Å². The molecule has 0 bridgehead atoms. The van der Waals surface area contributed by atoms with Crippen LogP contribution in [0, 0.1) is 0 Å². The maximum atomic E-state index is 11.3. The molecular formula is C26H21ClN4O3S. The number of thiocarbonyl (C=S) groups is 1. The number of halogens is 1. The molecule has 7 nitrogen and oxygen atoms in total. The van der Waals surface area contributed by atoms with Crippen LogP contribution >= 0.6 is 23.8 Å². The number of ether oxygens (including phenoxy) is 1. The molecule has 1 aliphatic heterocycles. The third kappa shape index (κ3) is 4.22. The van der Waals surface area contributed by atoms with Gasteiger partial charge in [-0.3, -0.25) is 4.98 Å². The minimum Gasteiger partial charge on any atom is -0.495 e. The van der Waals surface area contributed by atoms with Crippen molar-refractivity contribution in [3.63, 3.8) is 0 Å². The van der Waals surface area contributed by atoms with E-state index in [1.54, 1.807) is 37.6 Å². The van der Waals surface area contributed by atoms with E-state index < -0.39 is 5.97 Å². The molecule has 4 aromatic rings. The minimum absolute atomic E-state index is 0.229. The number of aromatic nitrogens is 2. The SMILES string of the molecule is COc1ccc(N2C(=S)N[C@H](c3ccccn3)[C@H]2c2cccn2-c2ccc(C(=O)O)cc2)cc1Cl. The van der Waals surface area contributed by atoms with Crippen molar-refractivity contribution in [2.45, 2.75) is 12.1 Å². The highest BCUT2D eigenvalue weighted by Gasteiger charge is 2.42. The minimum atomic E-state index is -0.965. The Labute approximate surface area is 212 Å². The fraction of sp³-hybridized carbons (Fsp3) is 0.115. The molecule has 0 radical (unpaired) electrons. The van der Waals surface area contributed by atoms with Gasteiger partial charge < -0.3 is 24.6 Å². The van der Waals surface area contributed by atoms with Gasteiger partial charge in [0.25, 0.3) is 0 Å². The van der Waals surface area contributed by atoms with Crippen molar-refractivity contribution >= 4 is 40.6 Å². The van der Waals surface area contributed by atoms with Gasteiger partial charge in [0.05, 0.1) is 29.4 Å². The Kier molecular flexibility index (Phi) is 6.15. The van der Waals surface area contributed by atoms with E-state index in [1.807, 2.05) is 64.2 Å². The van der Waals surface area contributed by atoms with Crippen LogP contribution in [-0.4, -0.2) is 32.8 Å². The van der Waals surface area contributed by atoms with Crippen LogP contribution in [0.3, 0.4) is 0 Å². The van der Waals surface area contributed by atoms with Crippen LogP contribution in [0.25, 0.3) is 5.69 Å². The lowest BCUT2D eigenvalue weighted by Crippen LogP contribution is -2.30. The van der Waals surface area contributed by atoms with Gasteiger partial charge in [0.1, 0.15) is 11.8 Å². The van der Waals surface area contributed by atoms with Crippen molar-refractivity contribution in [1.82, 2.24) is 14.9 Å². The molecule has 35 heavy (non-hydrogen) atoms. The number of nitrogens with zero attached hydrogens (tertiary/aromatic N) is 3. The molecule has 5 rings (SSSR count). The van der Waals surface area contributed by atoms with Crippen molar-refractivity contribution in [1.29, 1.82) is 0 Å². The topological polar surface area (TPSA) is 79.6 Å². The van der Waals surface area contributed by atoms with Crippen molar-refractivity contribution in [2.24, 2.45) is 0 Å². The smallest absolute Gasteiger partial charge is 0.335 e. The fourth-order valence-electron chi connectivity index (χ4n) is 4.37. The van der Waals surface area contributed by atoms with Gasteiger partial charge in [0, 0.05) is 29.5 Å². The molecule has 1 fully saturated rings. The Morgan fingerprint density at radius 1 is 1.09 bits per heavy atom. The second-order valence-electron chi connectivity index (χ2n) is 7.97. The number of hydrogen-bond acceptors (Lipinski definition) is 4. The molecule has 9 heteroatoms. The number of hydrogen-bond donors (Lipinski definition) is 2. The molecule has 2 N–H and O–H groups in total. The van der Waals surface area contributed by atoms with Gasteiger partial charge in [0.2, 0.25) is 0 Å². The molecule has 1 saturated heterocycles. The first-order valence-corrected chi connectivity index (χ1v) is 11.6. The largest absolute Gasteiger partial charge is 0.495 e. The lowest BCUT2D eigenvalue weighted by Gasteiger charge is -2.29. The van der Waals surface area contributed by atoms with E-state index in [-0.39, 0.29) is 17.6 Å². The van der Waals surface area contributed by atoms with E-state index in [0.717, 1.165) is 22.8 Å². The van der Waals surface area contributed by atoms with Crippen LogP contribution in [0.15, 0.2) is 85.2 Å². The molecule has 1 aliphatic rings. The summed E-state index contributed by atoms with van der Waals surface area (Å²) in [6, 6.07) is 21.6. The number of carboxylic acid groups (broad SMARTS) is 1. The summed E-state index contributed by atoms with van der Waals surface area (Å²) in [4.78, 5) is 17.9. The molecule has 0 spiro atoms. The zero-order valence-corrected chi connectivity index (χ0v) is 20.2. The third-order valence-electron chi connectivity index (χ3n) is 5.99. The molecule has 2 atom stereocenters. The number of rotatable bonds is 6. The van der Waals surface area contributed by atoms with Crippen LogP contribution in [0.1, 0.15) is 33.8 Å². The predicted molar refractivity (Wildman–Crippen MR) is 139 cm³/mol. The Balaban J connectivity index is 1.64. The molecule has 2 aromatic heterocycles. The van der Waals surface area contributed by atoms with E-state index >= 15 is 0 Å². The summed E-state index contributed by atoms with van der Waals surface area (Å²) < 4.78 is 7.36. The molecule has 0 unspecified atom stereocenters. The van der Waals surface area contributed by atoms with Crippen molar-refractivity contribution in [2.75, 3.05) is 12.0 Å². The zero-order chi connectivity index (χ0) is 24.5. The number of carbonyl (C=O) groups is 1. The number of pyridine rings is 1. The van der Waals surface area contributed by atoms with E-state index in [0.29, 0.717) is 15.9 Å². The number of carboxylic acids is 1. The average molecular weight is 505 g/mol. The molecule has 176 valence electrons. The first-order chi connectivity index (χ1) is 17.0. The van der Waals surface area contributed by atoms with E-state index in [2.05, 4.69) is 10.3 Å². The van der Waals surface area contributed by atoms with E-state index in [9.17, 15) is 9.90 Å². The van der Waals surface area contributed by atoms with Crippen LogP contribution in [0.2, 0.25) is 5.02 Å². The van der Waals surface area contributed by atoms with Gasteiger partial charge >= 0.3 is 5.97 Å². The molecule has 0 saturated carbocycles. The molecular weight excluding hydrogens is 484 g/mol. The first-order valence-electron chi connectivity index (χ1n) is 10.8. The quantitative estimate of drug-likeness (QED) is 0.340.